The predicted octanol–water partition coefficient (Wildman–Crippen LogP) is 2.55. The molecule has 0 amide bonds. The number of hydrogen-bond acceptors (Lipinski definition) is 4. The van der Waals surface area contributed by atoms with E-state index < -0.39 is 0 Å². The van der Waals surface area contributed by atoms with Gasteiger partial charge in [0.1, 0.15) is 11.4 Å². The van der Waals surface area contributed by atoms with E-state index in [1.165, 1.54) is 23.7 Å². The van der Waals surface area contributed by atoms with Gasteiger partial charge in [-0.15, -0.1) is 0 Å². The van der Waals surface area contributed by atoms with Gasteiger partial charge in [0.15, 0.2) is 0 Å². The van der Waals surface area contributed by atoms with Crippen LogP contribution in [0, 0.1) is 5.92 Å². The standard InChI is InChI=1S/C14H16ClN3O2/c15-12-8-17-18(9-10-3-4-10)14(19)13(12)16-6-5-11-2-1-7-20-11/h1-2,7-8,10,16H,3-6,9H2. The minimum Gasteiger partial charge on any atom is -0.469 e. The molecule has 0 saturated heterocycles. The Bertz CT molecular complexity index is 632. The van der Waals surface area contributed by atoms with Gasteiger partial charge in [-0.05, 0) is 30.9 Å². The molecule has 0 spiro atoms. The Balaban J connectivity index is 1.69. The summed E-state index contributed by atoms with van der Waals surface area (Å²) >= 11 is 6.05. The molecule has 1 saturated carbocycles. The van der Waals surface area contributed by atoms with Crippen LogP contribution in [0.15, 0.2) is 33.8 Å². The van der Waals surface area contributed by atoms with Crippen molar-refractivity contribution in [3.63, 3.8) is 0 Å². The minimum atomic E-state index is -0.149. The van der Waals surface area contributed by atoms with Crippen molar-refractivity contribution >= 4 is 17.3 Å². The molecule has 0 bridgehead atoms. The van der Waals surface area contributed by atoms with Crippen LogP contribution in [-0.4, -0.2) is 16.3 Å². The van der Waals surface area contributed by atoms with E-state index >= 15 is 0 Å². The van der Waals surface area contributed by atoms with E-state index in [1.54, 1.807) is 6.26 Å². The maximum Gasteiger partial charge on any atom is 0.291 e. The number of rotatable bonds is 6. The maximum absolute atomic E-state index is 12.3. The summed E-state index contributed by atoms with van der Waals surface area (Å²) in [6.07, 6.45) is 6.22. The van der Waals surface area contributed by atoms with Crippen LogP contribution >= 0.6 is 11.6 Å². The van der Waals surface area contributed by atoms with E-state index in [-0.39, 0.29) is 5.56 Å². The highest BCUT2D eigenvalue weighted by Gasteiger charge is 2.23. The van der Waals surface area contributed by atoms with Crippen molar-refractivity contribution in [2.45, 2.75) is 25.8 Å². The molecule has 0 unspecified atom stereocenters. The number of aromatic nitrogens is 2. The van der Waals surface area contributed by atoms with Gasteiger partial charge in [0.2, 0.25) is 0 Å². The Morgan fingerprint density at radius 3 is 3.05 bits per heavy atom. The van der Waals surface area contributed by atoms with Crippen LogP contribution in [0.5, 0.6) is 0 Å². The van der Waals surface area contributed by atoms with Gasteiger partial charge in [-0.1, -0.05) is 11.6 Å². The van der Waals surface area contributed by atoms with Crippen LogP contribution in [0.3, 0.4) is 0 Å². The van der Waals surface area contributed by atoms with Gasteiger partial charge in [-0.25, -0.2) is 4.68 Å². The lowest BCUT2D eigenvalue weighted by atomic mass is 10.3. The average molecular weight is 294 g/mol. The van der Waals surface area contributed by atoms with Crippen molar-refractivity contribution in [3.8, 4) is 0 Å². The normalized spacial score (nSPS) is 14.4. The Hall–Kier alpha value is -1.75. The summed E-state index contributed by atoms with van der Waals surface area (Å²) < 4.78 is 6.75. The molecular weight excluding hydrogens is 278 g/mol. The zero-order chi connectivity index (χ0) is 13.9. The molecule has 0 aromatic carbocycles. The van der Waals surface area contributed by atoms with Crippen molar-refractivity contribution in [3.05, 3.63) is 45.7 Å². The number of nitrogens with zero attached hydrogens (tertiary/aromatic N) is 2. The van der Waals surface area contributed by atoms with Crippen molar-refractivity contribution in [2.24, 2.45) is 5.92 Å². The Labute approximate surface area is 121 Å². The summed E-state index contributed by atoms with van der Waals surface area (Å²) in [5.74, 6) is 1.47. The minimum absolute atomic E-state index is 0.149. The molecule has 0 atom stereocenters. The fourth-order valence-corrected chi connectivity index (χ4v) is 2.26. The van der Waals surface area contributed by atoms with Crippen molar-refractivity contribution in [1.29, 1.82) is 0 Å². The molecule has 2 heterocycles. The van der Waals surface area contributed by atoms with E-state index in [4.69, 9.17) is 16.0 Å². The van der Waals surface area contributed by atoms with Crippen molar-refractivity contribution < 1.29 is 4.42 Å². The lowest BCUT2D eigenvalue weighted by Gasteiger charge is -2.09. The molecule has 1 fully saturated rings. The summed E-state index contributed by atoms with van der Waals surface area (Å²) in [5.41, 5.74) is 0.276. The number of anilines is 1. The SMILES string of the molecule is O=c1c(NCCc2ccco2)c(Cl)cnn1CC1CC1. The summed E-state index contributed by atoms with van der Waals surface area (Å²) in [7, 11) is 0. The van der Waals surface area contributed by atoms with Gasteiger partial charge >= 0.3 is 0 Å². The van der Waals surface area contributed by atoms with E-state index in [1.807, 2.05) is 12.1 Å². The second kappa shape index (κ2) is 5.71. The van der Waals surface area contributed by atoms with Crippen LogP contribution < -0.4 is 10.9 Å². The first-order valence-electron chi connectivity index (χ1n) is 6.76. The molecule has 1 N–H and O–H groups in total. The molecule has 3 rings (SSSR count). The molecule has 1 aliphatic carbocycles. The van der Waals surface area contributed by atoms with Gasteiger partial charge < -0.3 is 9.73 Å². The number of hydrogen-bond donors (Lipinski definition) is 1. The van der Waals surface area contributed by atoms with Crippen molar-refractivity contribution in [2.75, 3.05) is 11.9 Å². The van der Waals surface area contributed by atoms with Crippen LogP contribution in [0.1, 0.15) is 18.6 Å². The van der Waals surface area contributed by atoms with E-state index in [9.17, 15) is 4.79 Å². The van der Waals surface area contributed by atoms with E-state index in [0.29, 0.717) is 36.1 Å². The smallest absolute Gasteiger partial charge is 0.291 e. The second-order valence-corrected chi connectivity index (χ2v) is 5.46. The Morgan fingerprint density at radius 1 is 1.50 bits per heavy atom. The lowest BCUT2D eigenvalue weighted by Crippen LogP contribution is -2.27. The third-order valence-corrected chi connectivity index (χ3v) is 3.67. The Morgan fingerprint density at radius 2 is 2.35 bits per heavy atom. The third-order valence-electron chi connectivity index (χ3n) is 3.38. The molecule has 0 radical (unpaired) electrons. The maximum atomic E-state index is 12.3. The van der Waals surface area contributed by atoms with Gasteiger partial charge in [0.25, 0.3) is 5.56 Å². The molecule has 2 aromatic rings. The summed E-state index contributed by atoms with van der Waals surface area (Å²) in [6.45, 7) is 1.28. The molecule has 2 aromatic heterocycles. The first-order valence-corrected chi connectivity index (χ1v) is 7.13. The monoisotopic (exact) mass is 293 g/mol. The second-order valence-electron chi connectivity index (χ2n) is 5.05. The lowest BCUT2D eigenvalue weighted by molar-refractivity contribution is 0.512. The van der Waals surface area contributed by atoms with Crippen LogP contribution in [0.4, 0.5) is 5.69 Å². The first-order chi connectivity index (χ1) is 9.74. The zero-order valence-corrected chi connectivity index (χ0v) is 11.8. The van der Waals surface area contributed by atoms with Gasteiger partial charge in [-0.2, -0.15) is 5.10 Å². The highest BCUT2D eigenvalue weighted by atomic mass is 35.5. The average Bonchev–Trinajstić information content (AvgIpc) is 3.10. The van der Waals surface area contributed by atoms with Crippen molar-refractivity contribution in [1.82, 2.24) is 9.78 Å². The quantitative estimate of drug-likeness (QED) is 0.889. The largest absolute Gasteiger partial charge is 0.469 e. The number of nitrogens with one attached hydrogen (secondary N) is 1. The van der Waals surface area contributed by atoms with Gasteiger partial charge in [-0.3, -0.25) is 4.79 Å². The van der Waals surface area contributed by atoms with E-state index in [2.05, 4.69) is 10.4 Å². The molecule has 20 heavy (non-hydrogen) atoms. The van der Waals surface area contributed by atoms with Crippen LogP contribution in [-0.2, 0) is 13.0 Å². The number of halogens is 1. The predicted molar refractivity (Wildman–Crippen MR) is 77.1 cm³/mol. The summed E-state index contributed by atoms with van der Waals surface area (Å²) in [6, 6.07) is 3.75. The summed E-state index contributed by atoms with van der Waals surface area (Å²) in [4.78, 5) is 12.3. The molecule has 5 nitrogen and oxygen atoms in total. The topological polar surface area (TPSA) is 60.1 Å². The zero-order valence-electron chi connectivity index (χ0n) is 11.0. The molecule has 106 valence electrons. The Kier molecular flexibility index (Phi) is 3.78. The molecule has 0 aliphatic heterocycles. The third kappa shape index (κ3) is 3.04. The first kappa shape index (κ1) is 13.2. The van der Waals surface area contributed by atoms with Crippen LogP contribution in [0.2, 0.25) is 5.02 Å². The molecular formula is C14H16ClN3O2. The van der Waals surface area contributed by atoms with E-state index in [0.717, 1.165) is 5.76 Å². The molecule has 1 aliphatic rings. The molecule has 6 heteroatoms. The highest BCUT2D eigenvalue weighted by Crippen LogP contribution is 2.30. The fraction of sp³-hybridized carbons (Fsp3) is 0.429. The fourth-order valence-electron chi connectivity index (χ4n) is 2.07. The summed E-state index contributed by atoms with van der Waals surface area (Å²) in [5, 5.41) is 7.54. The number of furan rings is 1. The van der Waals surface area contributed by atoms with Crippen LogP contribution in [0.25, 0.3) is 0 Å². The van der Waals surface area contributed by atoms with Gasteiger partial charge in [0.05, 0.1) is 17.5 Å². The highest BCUT2D eigenvalue weighted by molar-refractivity contribution is 6.32. The van der Waals surface area contributed by atoms with Gasteiger partial charge in [0, 0.05) is 19.5 Å².